The van der Waals surface area contributed by atoms with E-state index in [4.69, 9.17) is 5.11 Å². The number of nitrogens with one attached hydrogen (secondary N) is 2. The van der Waals surface area contributed by atoms with Crippen molar-refractivity contribution in [2.45, 2.75) is 38.5 Å². The summed E-state index contributed by atoms with van der Waals surface area (Å²) in [4.78, 5) is 11.9. The molecule has 23 heavy (non-hydrogen) atoms. The van der Waals surface area contributed by atoms with E-state index in [1.165, 1.54) is 12.1 Å². The van der Waals surface area contributed by atoms with Crippen LogP contribution in [0.4, 0.5) is 22.4 Å². The van der Waals surface area contributed by atoms with Gasteiger partial charge in [-0.15, -0.1) is 0 Å². The molecular formula is C15H20F4N2O2. The molecule has 2 amide bonds. The smallest absolute Gasteiger partial charge is 0.391 e. The van der Waals surface area contributed by atoms with Gasteiger partial charge in [0.2, 0.25) is 0 Å². The van der Waals surface area contributed by atoms with Gasteiger partial charge in [-0.05, 0) is 30.5 Å². The Labute approximate surface area is 131 Å². The lowest BCUT2D eigenvalue weighted by molar-refractivity contribution is -0.139. The van der Waals surface area contributed by atoms with Gasteiger partial charge in [0.25, 0.3) is 0 Å². The molecule has 130 valence electrons. The number of aliphatic hydroxyl groups is 1. The number of amides is 2. The van der Waals surface area contributed by atoms with Crippen molar-refractivity contribution in [2.24, 2.45) is 5.92 Å². The molecule has 0 spiro atoms. The van der Waals surface area contributed by atoms with Crippen LogP contribution in [0.5, 0.6) is 0 Å². The third kappa shape index (κ3) is 6.85. The number of urea groups is 1. The fraction of sp³-hybridized carbons (Fsp3) is 0.533. The maximum Gasteiger partial charge on any atom is 0.391 e. The van der Waals surface area contributed by atoms with Gasteiger partial charge in [-0.3, -0.25) is 0 Å². The molecule has 0 saturated heterocycles. The Kier molecular flexibility index (Phi) is 6.80. The largest absolute Gasteiger partial charge is 0.396 e. The normalized spacial score (nSPS) is 15.6. The number of hydrogen-bond acceptors (Lipinski definition) is 2. The maximum absolute atomic E-state index is 12.9. The van der Waals surface area contributed by atoms with Gasteiger partial charge in [0.05, 0.1) is 12.5 Å². The van der Waals surface area contributed by atoms with Gasteiger partial charge in [0.15, 0.2) is 0 Å². The number of halogens is 4. The van der Waals surface area contributed by atoms with Gasteiger partial charge in [0.1, 0.15) is 5.82 Å². The molecule has 0 aromatic heterocycles. The van der Waals surface area contributed by atoms with Crippen LogP contribution < -0.4 is 10.6 Å². The third-order valence-corrected chi connectivity index (χ3v) is 3.51. The summed E-state index contributed by atoms with van der Waals surface area (Å²) in [6.07, 6.45) is -5.76. The van der Waals surface area contributed by atoms with Crippen molar-refractivity contribution in [1.82, 2.24) is 10.6 Å². The molecular weight excluding hydrogens is 316 g/mol. The summed E-state index contributed by atoms with van der Waals surface area (Å²) in [5, 5.41) is 13.7. The Hall–Kier alpha value is -1.83. The molecule has 3 atom stereocenters. The van der Waals surface area contributed by atoms with Crippen molar-refractivity contribution in [3.63, 3.8) is 0 Å². The highest BCUT2D eigenvalue weighted by molar-refractivity contribution is 5.74. The van der Waals surface area contributed by atoms with Gasteiger partial charge in [-0.25, -0.2) is 9.18 Å². The van der Waals surface area contributed by atoms with Crippen LogP contribution in [0.3, 0.4) is 0 Å². The Balaban J connectivity index is 2.81. The highest BCUT2D eigenvalue weighted by Crippen LogP contribution is 2.29. The minimum absolute atomic E-state index is 0.154. The molecule has 0 fully saturated rings. The van der Waals surface area contributed by atoms with E-state index in [0.717, 1.165) is 12.1 Å². The quantitative estimate of drug-likeness (QED) is 0.699. The lowest BCUT2D eigenvalue weighted by atomic mass is 10.0. The SMILES string of the molecule is CC(CO)C(C)NC(=O)NC(CC(F)(F)F)c1ccc(F)cc1. The standard InChI is InChI=1S/C15H20F4N2O2/c1-9(8-22)10(2)20-14(23)21-13(7-15(17,18)19)11-3-5-12(16)6-4-11/h3-6,9-10,13,22H,7-8H2,1-2H3,(H2,20,21,23). The van der Waals surface area contributed by atoms with Crippen LogP contribution >= 0.6 is 0 Å². The van der Waals surface area contributed by atoms with E-state index in [1.54, 1.807) is 13.8 Å². The van der Waals surface area contributed by atoms with Crippen LogP contribution in [0, 0.1) is 11.7 Å². The van der Waals surface area contributed by atoms with Crippen LogP contribution in [0.15, 0.2) is 24.3 Å². The van der Waals surface area contributed by atoms with E-state index in [0.29, 0.717) is 0 Å². The van der Waals surface area contributed by atoms with Gasteiger partial charge < -0.3 is 15.7 Å². The first kappa shape index (κ1) is 19.2. The summed E-state index contributed by atoms with van der Waals surface area (Å²) < 4.78 is 51.0. The summed E-state index contributed by atoms with van der Waals surface area (Å²) in [6.45, 7) is 3.17. The molecule has 4 nitrogen and oxygen atoms in total. The molecule has 0 aliphatic rings. The minimum atomic E-state index is -4.49. The van der Waals surface area contributed by atoms with Gasteiger partial charge >= 0.3 is 12.2 Å². The number of benzene rings is 1. The molecule has 0 bridgehead atoms. The van der Waals surface area contributed by atoms with Crippen LogP contribution in [0.25, 0.3) is 0 Å². The van der Waals surface area contributed by atoms with Crippen molar-refractivity contribution in [3.05, 3.63) is 35.6 Å². The average molecular weight is 336 g/mol. The monoisotopic (exact) mass is 336 g/mol. The summed E-state index contributed by atoms with van der Waals surface area (Å²) in [6, 6.07) is 1.95. The van der Waals surface area contributed by atoms with Gasteiger partial charge in [0, 0.05) is 12.6 Å². The van der Waals surface area contributed by atoms with Crippen LogP contribution in [0.1, 0.15) is 31.9 Å². The second-order valence-corrected chi connectivity index (χ2v) is 5.49. The highest BCUT2D eigenvalue weighted by atomic mass is 19.4. The molecule has 1 aromatic carbocycles. The zero-order chi connectivity index (χ0) is 17.6. The van der Waals surface area contributed by atoms with E-state index in [2.05, 4.69) is 10.6 Å². The predicted molar refractivity (Wildman–Crippen MR) is 77.2 cm³/mol. The first-order valence-electron chi connectivity index (χ1n) is 7.12. The highest BCUT2D eigenvalue weighted by Gasteiger charge is 2.33. The summed E-state index contributed by atoms with van der Waals surface area (Å²) >= 11 is 0. The Morgan fingerprint density at radius 1 is 1.17 bits per heavy atom. The van der Waals surface area contributed by atoms with Gasteiger partial charge in [-0.1, -0.05) is 19.1 Å². The second kappa shape index (κ2) is 8.14. The van der Waals surface area contributed by atoms with Crippen LogP contribution in [0.2, 0.25) is 0 Å². The predicted octanol–water partition coefficient (Wildman–Crippen LogP) is 3.14. The summed E-state index contributed by atoms with van der Waals surface area (Å²) in [5.41, 5.74) is 0.154. The van der Waals surface area contributed by atoms with Crippen LogP contribution in [-0.2, 0) is 0 Å². The summed E-state index contributed by atoms with van der Waals surface area (Å²) in [5.74, 6) is -0.818. The number of rotatable bonds is 6. The van der Waals surface area contributed by atoms with Crippen molar-refractivity contribution in [1.29, 1.82) is 0 Å². The molecule has 0 aliphatic heterocycles. The Bertz CT molecular complexity index is 505. The molecule has 0 heterocycles. The molecule has 8 heteroatoms. The van der Waals surface area contributed by atoms with Crippen molar-refractivity contribution < 1.29 is 27.5 Å². The lowest BCUT2D eigenvalue weighted by Gasteiger charge is -2.24. The van der Waals surface area contributed by atoms with Crippen LogP contribution in [-0.4, -0.2) is 30.0 Å². The molecule has 3 unspecified atom stereocenters. The Morgan fingerprint density at radius 3 is 2.22 bits per heavy atom. The van der Waals surface area contributed by atoms with E-state index in [-0.39, 0.29) is 18.1 Å². The van der Waals surface area contributed by atoms with E-state index in [9.17, 15) is 22.4 Å². The van der Waals surface area contributed by atoms with E-state index < -0.39 is 36.5 Å². The molecule has 1 rings (SSSR count). The Morgan fingerprint density at radius 2 is 1.74 bits per heavy atom. The van der Waals surface area contributed by atoms with Crippen molar-refractivity contribution in [3.8, 4) is 0 Å². The molecule has 0 aliphatic carbocycles. The molecule has 0 radical (unpaired) electrons. The topological polar surface area (TPSA) is 61.4 Å². The number of carbonyl (C=O) groups is 1. The zero-order valence-electron chi connectivity index (χ0n) is 12.8. The summed E-state index contributed by atoms with van der Waals surface area (Å²) in [7, 11) is 0. The van der Waals surface area contributed by atoms with Crippen molar-refractivity contribution >= 4 is 6.03 Å². The fourth-order valence-electron chi connectivity index (χ4n) is 1.89. The zero-order valence-corrected chi connectivity index (χ0v) is 12.8. The number of alkyl halides is 3. The first-order valence-corrected chi connectivity index (χ1v) is 7.12. The lowest BCUT2D eigenvalue weighted by Crippen LogP contribution is -2.46. The van der Waals surface area contributed by atoms with Gasteiger partial charge in [-0.2, -0.15) is 13.2 Å². The average Bonchev–Trinajstić information content (AvgIpc) is 2.44. The van der Waals surface area contributed by atoms with Crippen molar-refractivity contribution in [2.75, 3.05) is 6.61 Å². The fourth-order valence-corrected chi connectivity index (χ4v) is 1.89. The number of aliphatic hydroxyl groups excluding tert-OH is 1. The molecule has 0 saturated carbocycles. The first-order chi connectivity index (χ1) is 10.6. The minimum Gasteiger partial charge on any atom is -0.396 e. The van der Waals surface area contributed by atoms with E-state index >= 15 is 0 Å². The van der Waals surface area contributed by atoms with E-state index in [1.807, 2.05) is 0 Å². The molecule has 3 N–H and O–H groups in total. The number of hydrogen-bond donors (Lipinski definition) is 3. The molecule has 1 aromatic rings. The third-order valence-electron chi connectivity index (χ3n) is 3.51. The second-order valence-electron chi connectivity index (χ2n) is 5.49. The maximum atomic E-state index is 12.9. The number of carbonyl (C=O) groups excluding carboxylic acids is 1.